The lowest BCUT2D eigenvalue weighted by molar-refractivity contribution is 0.340. The van der Waals surface area contributed by atoms with Gasteiger partial charge in [0, 0.05) is 11.9 Å². The topological polar surface area (TPSA) is 39.9 Å². The number of fused-ring (bicyclic) bond motifs is 1. The van der Waals surface area contributed by atoms with Gasteiger partial charge in [0.25, 0.3) is 0 Å². The molecule has 3 aromatic rings. The molecule has 3 rings (SSSR count). The Hall–Kier alpha value is -2.07. The third-order valence-corrected chi connectivity index (χ3v) is 3.40. The number of hydrogen-bond acceptors (Lipinski definition) is 3. The Kier molecular flexibility index (Phi) is 3.80. The van der Waals surface area contributed by atoms with Gasteiger partial charge in [-0.3, -0.25) is 4.57 Å². The first-order chi connectivity index (χ1) is 10.2. The van der Waals surface area contributed by atoms with Crippen molar-refractivity contribution in [1.29, 1.82) is 0 Å². The van der Waals surface area contributed by atoms with E-state index in [9.17, 15) is 0 Å². The first-order valence-corrected chi connectivity index (χ1v) is 7.35. The zero-order chi connectivity index (χ0) is 14.8. The van der Waals surface area contributed by atoms with Gasteiger partial charge in [0.2, 0.25) is 0 Å². The fourth-order valence-corrected chi connectivity index (χ4v) is 2.46. The van der Waals surface area contributed by atoms with Crippen LogP contribution >= 0.6 is 11.6 Å². The SMILES string of the molecule is CCOc1ccc(-n2c(C(C)Cl)nc3cccnc32)cc1. The molecular formula is C16H16ClN3O. The lowest BCUT2D eigenvalue weighted by Crippen LogP contribution is -2.02. The summed E-state index contributed by atoms with van der Waals surface area (Å²) in [4.78, 5) is 9.01. The highest BCUT2D eigenvalue weighted by Gasteiger charge is 2.16. The number of rotatable bonds is 4. The van der Waals surface area contributed by atoms with Gasteiger partial charge in [-0.25, -0.2) is 9.97 Å². The first-order valence-electron chi connectivity index (χ1n) is 6.91. The number of halogens is 1. The normalized spacial score (nSPS) is 12.5. The maximum Gasteiger partial charge on any atom is 0.164 e. The van der Waals surface area contributed by atoms with Crippen molar-refractivity contribution in [3.63, 3.8) is 0 Å². The Bertz CT molecular complexity index is 750. The Morgan fingerprint density at radius 2 is 2.00 bits per heavy atom. The molecule has 0 saturated heterocycles. The summed E-state index contributed by atoms with van der Waals surface area (Å²) in [5.74, 6) is 1.63. The second kappa shape index (κ2) is 5.74. The van der Waals surface area contributed by atoms with E-state index in [0.717, 1.165) is 28.4 Å². The molecule has 2 heterocycles. The number of alkyl halides is 1. The van der Waals surface area contributed by atoms with Crippen LogP contribution in [0.2, 0.25) is 0 Å². The van der Waals surface area contributed by atoms with Crippen molar-refractivity contribution in [1.82, 2.24) is 14.5 Å². The molecule has 2 aromatic heterocycles. The Labute approximate surface area is 128 Å². The highest BCUT2D eigenvalue weighted by atomic mass is 35.5. The zero-order valence-electron chi connectivity index (χ0n) is 12.0. The van der Waals surface area contributed by atoms with E-state index in [4.69, 9.17) is 16.3 Å². The number of pyridine rings is 1. The molecule has 0 bridgehead atoms. The molecule has 4 nitrogen and oxygen atoms in total. The molecule has 1 aromatic carbocycles. The van der Waals surface area contributed by atoms with Crippen molar-refractivity contribution in [3.05, 3.63) is 48.4 Å². The van der Waals surface area contributed by atoms with E-state index in [1.807, 2.05) is 54.8 Å². The first kappa shape index (κ1) is 13.9. The smallest absolute Gasteiger partial charge is 0.164 e. The Balaban J connectivity index is 2.15. The van der Waals surface area contributed by atoms with Crippen molar-refractivity contribution >= 4 is 22.8 Å². The summed E-state index contributed by atoms with van der Waals surface area (Å²) in [6.07, 6.45) is 1.76. The van der Waals surface area contributed by atoms with Gasteiger partial charge in [0.1, 0.15) is 17.1 Å². The van der Waals surface area contributed by atoms with Gasteiger partial charge >= 0.3 is 0 Å². The number of benzene rings is 1. The van der Waals surface area contributed by atoms with Crippen LogP contribution in [0.3, 0.4) is 0 Å². The van der Waals surface area contributed by atoms with Crippen LogP contribution in [0.4, 0.5) is 0 Å². The minimum absolute atomic E-state index is 0.203. The van der Waals surface area contributed by atoms with Crippen LogP contribution in [0.1, 0.15) is 25.0 Å². The molecule has 1 atom stereocenters. The van der Waals surface area contributed by atoms with Crippen LogP contribution in [0.25, 0.3) is 16.9 Å². The fraction of sp³-hybridized carbons (Fsp3) is 0.250. The van der Waals surface area contributed by atoms with E-state index in [1.54, 1.807) is 6.20 Å². The molecule has 0 radical (unpaired) electrons. The highest BCUT2D eigenvalue weighted by molar-refractivity contribution is 6.20. The number of nitrogens with zero attached hydrogens (tertiary/aromatic N) is 3. The minimum atomic E-state index is -0.203. The number of imidazole rings is 1. The predicted octanol–water partition coefficient (Wildman–Crippen LogP) is 4.12. The summed E-state index contributed by atoms with van der Waals surface area (Å²) < 4.78 is 7.47. The second-order valence-corrected chi connectivity index (χ2v) is 5.35. The van der Waals surface area contributed by atoms with Gasteiger partial charge in [-0.05, 0) is 50.2 Å². The van der Waals surface area contributed by atoms with Crippen LogP contribution in [-0.2, 0) is 0 Å². The molecule has 0 saturated carbocycles. The lowest BCUT2D eigenvalue weighted by Gasteiger charge is -2.11. The Morgan fingerprint density at radius 1 is 1.24 bits per heavy atom. The molecule has 0 aliphatic heterocycles. The summed E-state index contributed by atoms with van der Waals surface area (Å²) in [6.45, 7) is 4.53. The molecular weight excluding hydrogens is 286 g/mol. The third kappa shape index (κ3) is 2.59. The van der Waals surface area contributed by atoms with Gasteiger partial charge < -0.3 is 4.74 Å². The van der Waals surface area contributed by atoms with Gasteiger partial charge in [0.05, 0.1) is 12.0 Å². The quantitative estimate of drug-likeness (QED) is 0.681. The van der Waals surface area contributed by atoms with E-state index < -0.39 is 0 Å². The van der Waals surface area contributed by atoms with Crippen molar-refractivity contribution < 1.29 is 4.74 Å². The molecule has 1 unspecified atom stereocenters. The largest absolute Gasteiger partial charge is 0.494 e. The average molecular weight is 302 g/mol. The minimum Gasteiger partial charge on any atom is -0.494 e. The molecule has 108 valence electrons. The summed E-state index contributed by atoms with van der Waals surface area (Å²) in [5.41, 5.74) is 2.63. The summed E-state index contributed by atoms with van der Waals surface area (Å²) in [6, 6.07) is 11.7. The van der Waals surface area contributed by atoms with E-state index in [0.29, 0.717) is 6.61 Å². The average Bonchev–Trinajstić information content (AvgIpc) is 2.88. The molecule has 21 heavy (non-hydrogen) atoms. The van der Waals surface area contributed by atoms with E-state index in [1.165, 1.54) is 0 Å². The fourth-order valence-electron chi connectivity index (χ4n) is 2.31. The molecule has 5 heteroatoms. The molecule has 0 fully saturated rings. The maximum absolute atomic E-state index is 6.27. The highest BCUT2D eigenvalue weighted by Crippen LogP contribution is 2.27. The second-order valence-electron chi connectivity index (χ2n) is 4.69. The summed E-state index contributed by atoms with van der Waals surface area (Å²) in [5, 5.41) is -0.203. The predicted molar refractivity (Wildman–Crippen MR) is 84.3 cm³/mol. The summed E-state index contributed by atoms with van der Waals surface area (Å²) in [7, 11) is 0. The summed E-state index contributed by atoms with van der Waals surface area (Å²) >= 11 is 6.27. The molecule has 0 aliphatic rings. The van der Waals surface area contributed by atoms with Crippen molar-refractivity contribution in [3.8, 4) is 11.4 Å². The van der Waals surface area contributed by atoms with E-state index >= 15 is 0 Å². The van der Waals surface area contributed by atoms with Crippen molar-refractivity contribution in [2.24, 2.45) is 0 Å². The van der Waals surface area contributed by atoms with Crippen LogP contribution < -0.4 is 4.74 Å². The van der Waals surface area contributed by atoms with E-state index in [-0.39, 0.29) is 5.38 Å². The Morgan fingerprint density at radius 3 is 2.67 bits per heavy atom. The number of aromatic nitrogens is 3. The van der Waals surface area contributed by atoms with Gasteiger partial charge in [-0.1, -0.05) is 0 Å². The third-order valence-electron chi connectivity index (χ3n) is 3.20. The van der Waals surface area contributed by atoms with Crippen LogP contribution in [0.15, 0.2) is 42.6 Å². The standard InChI is InChI=1S/C16H16ClN3O/c1-3-21-13-8-6-12(7-9-13)20-15(11(2)17)19-14-5-4-10-18-16(14)20/h4-11H,3H2,1-2H3. The molecule has 0 spiro atoms. The van der Waals surface area contributed by atoms with Gasteiger partial charge in [-0.2, -0.15) is 0 Å². The van der Waals surface area contributed by atoms with Crippen molar-refractivity contribution in [2.75, 3.05) is 6.61 Å². The molecule has 0 aliphatic carbocycles. The van der Waals surface area contributed by atoms with E-state index in [2.05, 4.69) is 9.97 Å². The zero-order valence-corrected chi connectivity index (χ0v) is 12.7. The maximum atomic E-state index is 6.27. The molecule has 0 amide bonds. The van der Waals surface area contributed by atoms with Crippen LogP contribution in [0.5, 0.6) is 5.75 Å². The lowest BCUT2D eigenvalue weighted by atomic mass is 10.3. The monoisotopic (exact) mass is 301 g/mol. The van der Waals surface area contributed by atoms with Crippen LogP contribution in [-0.4, -0.2) is 21.1 Å². The van der Waals surface area contributed by atoms with Gasteiger partial charge in [-0.15, -0.1) is 11.6 Å². The number of hydrogen-bond donors (Lipinski definition) is 0. The molecule has 0 N–H and O–H groups in total. The van der Waals surface area contributed by atoms with Crippen LogP contribution in [0, 0.1) is 0 Å². The van der Waals surface area contributed by atoms with Crippen molar-refractivity contribution in [2.45, 2.75) is 19.2 Å². The number of ether oxygens (including phenoxy) is 1. The van der Waals surface area contributed by atoms with Gasteiger partial charge in [0.15, 0.2) is 5.65 Å².